The fraction of sp³-hybridized carbons (Fsp3) is 0.250. The Hall–Kier alpha value is -0.502. The van der Waals surface area contributed by atoms with E-state index in [1.165, 1.54) is 0 Å². The third-order valence-corrected chi connectivity index (χ3v) is 2.28. The fourth-order valence-electron chi connectivity index (χ4n) is 0.894. The Bertz CT molecular complexity index is 273. The number of hydrogen-bond acceptors (Lipinski definition) is 3. The average Bonchev–Trinajstić information content (AvgIpc) is 1.96. The Morgan fingerprint density at radius 2 is 1.92 bits per heavy atom. The first kappa shape index (κ1) is 9.59. The van der Waals surface area contributed by atoms with Crippen LogP contribution < -0.4 is 3.73 Å². The van der Waals surface area contributed by atoms with Crippen LogP contribution in [-0.4, -0.2) is 23.9 Å². The van der Waals surface area contributed by atoms with E-state index >= 15 is 0 Å². The van der Waals surface area contributed by atoms with Gasteiger partial charge in [0.25, 0.3) is 0 Å². The SMILES string of the molecule is Cc1ccc(C)c(O[As](O)O)c1. The van der Waals surface area contributed by atoms with E-state index in [0.717, 1.165) is 11.1 Å². The number of hydrogen-bond donors (Lipinski definition) is 2. The van der Waals surface area contributed by atoms with Gasteiger partial charge in [-0.1, -0.05) is 0 Å². The first-order valence-corrected chi connectivity index (χ1v) is 5.97. The second kappa shape index (κ2) is 3.94. The van der Waals surface area contributed by atoms with Crippen molar-refractivity contribution in [1.82, 2.24) is 0 Å². The molecule has 0 heterocycles. The van der Waals surface area contributed by atoms with Crippen molar-refractivity contribution in [3.05, 3.63) is 29.3 Å². The molecule has 0 spiro atoms. The molecule has 0 aliphatic carbocycles. The van der Waals surface area contributed by atoms with Crippen LogP contribution in [0.2, 0.25) is 0 Å². The molecular weight excluding hydrogens is 219 g/mol. The topological polar surface area (TPSA) is 49.7 Å². The molecule has 0 saturated carbocycles. The van der Waals surface area contributed by atoms with Gasteiger partial charge in [0.1, 0.15) is 0 Å². The fourth-order valence-corrected chi connectivity index (χ4v) is 1.68. The summed E-state index contributed by atoms with van der Waals surface area (Å²) in [5.74, 6) is 0.569. The van der Waals surface area contributed by atoms with Gasteiger partial charge in [0, 0.05) is 0 Å². The van der Waals surface area contributed by atoms with Gasteiger partial charge < -0.3 is 0 Å². The molecule has 3 nitrogen and oxygen atoms in total. The quantitative estimate of drug-likeness (QED) is 0.733. The summed E-state index contributed by atoms with van der Waals surface area (Å²) in [4.78, 5) is 0. The van der Waals surface area contributed by atoms with E-state index in [-0.39, 0.29) is 0 Å². The normalized spacial score (nSPS) is 10.4. The first-order chi connectivity index (χ1) is 5.59. The van der Waals surface area contributed by atoms with Crippen molar-refractivity contribution in [3.8, 4) is 5.75 Å². The zero-order chi connectivity index (χ0) is 9.14. The van der Waals surface area contributed by atoms with Crippen molar-refractivity contribution >= 4 is 15.7 Å². The standard InChI is InChI=1S/C8H11AsO3/c1-6-3-4-7(2)8(5-6)12-9(10)11/h3-5,10-11H,1-2H3. The van der Waals surface area contributed by atoms with Crippen LogP contribution in [0.25, 0.3) is 0 Å². The van der Waals surface area contributed by atoms with Crippen LogP contribution in [0.1, 0.15) is 11.1 Å². The van der Waals surface area contributed by atoms with Gasteiger partial charge >= 0.3 is 76.5 Å². The molecule has 0 saturated heterocycles. The van der Waals surface area contributed by atoms with E-state index in [0.29, 0.717) is 5.75 Å². The number of rotatable bonds is 2. The summed E-state index contributed by atoms with van der Waals surface area (Å²) < 4.78 is 22.3. The van der Waals surface area contributed by atoms with Crippen LogP contribution in [0.4, 0.5) is 0 Å². The van der Waals surface area contributed by atoms with Gasteiger partial charge in [0.05, 0.1) is 0 Å². The summed E-state index contributed by atoms with van der Waals surface area (Å²) in [5.41, 5.74) is 1.97. The number of aryl methyl sites for hydroxylation is 2. The van der Waals surface area contributed by atoms with Crippen molar-refractivity contribution in [3.63, 3.8) is 0 Å². The summed E-state index contributed by atoms with van der Waals surface area (Å²) in [5, 5.41) is 0. The van der Waals surface area contributed by atoms with Crippen LogP contribution in [0, 0.1) is 13.8 Å². The predicted molar refractivity (Wildman–Crippen MR) is 46.7 cm³/mol. The minimum absolute atomic E-state index is 0.569. The Morgan fingerprint density at radius 3 is 2.50 bits per heavy atom. The van der Waals surface area contributed by atoms with Crippen LogP contribution in [0.5, 0.6) is 5.75 Å². The van der Waals surface area contributed by atoms with Crippen molar-refractivity contribution in [2.24, 2.45) is 0 Å². The molecular formula is C8H11AsO3. The molecule has 12 heavy (non-hydrogen) atoms. The monoisotopic (exact) mass is 230 g/mol. The Morgan fingerprint density at radius 1 is 1.25 bits per heavy atom. The van der Waals surface area contributed by atoms with E-state index in [9.17, 15) is 0 Å². The second-order valence-corrected chi connectivity index (χ2v) is 4.06. The summed E-state index contributed by atoms with van der Waals surface area (Å²) in [6.45, 7) is 3.80. The van der Waals surface area contributed by atoms with Crippen LogP contribution in [-0.2, 0) is 0 Å². The third kappa shape index (κ3) is 2.52. The number of benzene rings is 1. The third-order valence-electron chi connectivity index (χ3n) is 1.52. The van der Waals surface area contributed by atoms with E-state index in [1.54, 1.807) is 6.07 Å². The minimum atomic E-state index is -3.01. The predicted octanol–water partition coefficient (Wildman–Crippen LogP) is 0.652. The van der Waals surface area contributed by atoms with E-state index < -0.39 is 15.7 Å². The first-order valence-electron chi connectivity index (χ1n) is 3.52. The molecule has 0 aliphatic rings. The molecule has 0 atom stereocenters. The maximum absolute atomic E-state index is 8.70. The van der Waals surface area contributed by atoms with Gasteiger partial charge in [0.2, 0.25) is 0 Å². The van der Waals surface area contributed by atoms with Crippen LogP contribution >= 0.6 is 0 Å². The van der Waals surface area contributed by atoms with Crippen LogP contribution in [0.15, 0.2) is 18.2 Å². The molecule has 0 unspecified atom stereocenters. The van der Waals surface area contributed by atoms with Crippen molar-refractivity contribution < 1.29 is 11.9 Å². The molecule has 1 aromatic carbocycles. The van der Waals surface area contributed by atoms with E-state index in [2.05, 4.69) is 0 Å². The maximum atomic E-state index is 8.70. The van der Waals surface area contributed by atoms with Gasteiger partial charge in [-0.3, -0.25) is 0 Å². The molecule has 4 heteroatoms. The molecule has 1 aromatic rings. The summed E-state index contributed by atoms with van der Waals surface area (Å²) in [6, 6.07) is 5.64. The molecule has 0 amide bonds. The molecule has 2 N–H and O–H groups in total. The molecule has 1 rings (SSSR count). The molecule has 66 valence electrons. The summed E-state index contributed by atoms with van der Waals surface area (Å²) >= 11 is -3.01. The molecule has 0 radical (unpaired) electrons. The molecule has 0 bridgehead atoms. The molecule has 0 aliphatic heterocycles. The van der Waals surface area contributed by atoms with Gasteiger partial charge in [-0.25, -0.2) is 0 Å². The van der Waals surface area contributed by atoms with Crippen molar-refractivity contribution in [1.29, 1.82) is 0 Å². The zero-order valence-electron chi connectivity index (χ0n) is 6.98. The second-order valence-electron chi connectivity index (χ2n) is 2.61. The Kier molecular flexibility index (Phi) is 3.15. The van der Waals surface area contributed by atoms with E-state index in [1.807, 2.05) is 26.0 Å². The van der Waals surface area contributed by atoms with Gasteiger partial charge in [0.15, 0.2) is 0 Å². The van der Waals surface area contributed by atoms with Crippen LogP contribution in [0.3, 0.4) is 0 Å². The van der Waals surface area contributed by atoms with Crippen molar-refractivity contribution in [2.75, 3.05) is 0 Å². The summed E-state index contributed by atoms with van der Waals surface area (Å²) in [7, 11) is 0. The molecule has 0 aromatic heterocycles. The van der Waals surface area contributed by atoms with Crippen molar-refractivity contribution in [2.45, 2.75) is 13.8 Å². The van der Waals surface area contributed by atoms with Gasteiger partial charge in [-0.15, -0.1) is 0 Å². The van der Waals surface area contributed by atoms with Gasteiger partial charge in [-0.05, 0) is 0 Å². The Labute approximate surface area is 76.9 Å². The van der Waals surface area contributed by atoms with Gasteiger partial charge in [-0.2, -0.15) is 0 Å². The van der Waals surface area contributed by atoms with E-state index in [4.69, 9.17) is 11.9 Å². The zero-order valence-corrected chi connectivity index (χ0v) is 8.86. The Balaban J connectivity index is 2.90. The summed E-state index contributed by atoms with van der Waals surface area (Å²) in [6.07, 6.45) is 0. The molecule has 0 fully saturated rings. The average molecular weight is 230 g/mol.